The zero-order valence-corrected chi connectivity index (χ0v) is 10.2. The number of alkyl halides is 1. The summed E-state index contributed by atoms with van der Waals surface area (Å²) < 4.78 is 9.92. The van der Waals surface area contributed by atoms with Gasteiger partial charge >= 0.3 is 0 Å². The van der Waals surface area contributed by atoms with E-state index in [1.807, 2.05) is 0 Å². The molecule has 0 aliphatic heterocycles. The van der Waals surface area contributed by atoms with Crippen LogP contribution in [0.15, 0.2) is 12.3 Å². The molecular formula is C10H16ClN3O2. The topological polar surface area (TPSA) is 56.3 Å². The van der Waals surface area contributed by atoms with E-state index in [4.69, 9.17) is 21.1 Å². The second kappa shape index (κ2) is 7.24. The minimum Gasteiger partial charge on any atom is -0.481 e. The van der Waals surface area contributed by atoms with E-state index in [0.717, 1.165) is 6.42 Å². The molecule has 1 heterocycles. The normalized spacial score (nSPS) is 12.2. The summed E-state index contributed by atoms with van der Waals surface area (Å²) in [5.74, 6) is 1.08. The molecular weight excluding hydrogens is 230 g/mol. The van der Waals surface area contributed by atoms with Crippen LogP contribution >= 0.6 is 11.6 Å². The molecule has 1 atom stereocenters. The van der Waals surface area contributed by atoms with Crippen LogP contribution in [0.1, 0.15) is 6.42 Å². The van der Waals surface area contributed by atoms with Gasteiger partial charge in [-0.25, -0.2) is 4.98 Å². The maximum atomic E-state index is 5.98. The fraction of sp³-hybridized carbons (Fsp3) is 0.600. The lowest BCUT2D eigenvalue weighted by Gasteiger charge is -2.09. The van der Waals surface area contributed by atoms with Gasteiger partial charge in [-0.1, -0.05) is 0 Å². The van der Waals surface area contributed by atoms with Gasteiger partial charge in [0, 0.05) is 25.9 Å². The maximum absolute atomic E-state index is 5.98. The zero-order chi connectivity index (χ0) is 11.8. The fourth-order valence-corrected chi connectivity index (χ4v) is 1.38. The Bertz CT molecular complexity index is 312. The van der Waals surface area contributed by atoms with Crippen LogP contribution in [0, 0.1) is 0 Å². The highest BCUT2D eigenvalue weighted by Gasteiger charge is 2.04. The molecule has 0 aliphatic rings. The second-order valence-electron chi connectivity index (χ2n) is 3.19. The Morgan fingerprint density at radius 1 is 1.50 bits per heavy atom. The highest BCUT2D eigenvalue weighted by atomic mass is 35.5. The van der Waals surface area contributed by atoms with E-state index in [0.29, 0.717) is 25.0 Å². The van der Waals surface area contributed by atoms with Crippen LogP contribution in [0.4, 0.5) is 5.95 Å². The quantitative estimate of drug-likeness (QED) is 0.739. The lowest BCUT2D eigenvalue weighted by molar-refractivity contribution is 0.196. The Hall–Kier alpha value is -1.07. The number of hydrogen-bond acceptors (Lipinski definition) is 5. The van der Waals surface area contributed by atoms with E-state index in [-0.39, 0.29) is 5.38 Å². The van der Waals surface area contributed by atoms with Crippen molar-refractivity contribution in [2.75, 3.05) is 32.7 Å². The smallest absolute Gasteiger partial charge is 0.225 e. The number of ether oxygens (including phenoxy) is 2. The van der Waals surface area contributed by atoms with Crippen molar-refractivity contribution in [3.63, 3.8) is 0 Å². The number of aromatic nitrogens is 2. The highest BCUT2D eigenvalue weighted by molar-refractivity contribution is 6.20. The maximum Gasteiger partial charge on any atom is 0.225 e. The number of rotatable bonds is 7. The van der Waals surface area contributed by atoms with Crippen molar-refractivity contribution in [2.24, 2.45) is 0 Å². The van der Waals surface area contributed by atoms with Gasteiger partial charge in [-0.05, 0) is 6.42 Å². The summed E-state index contributed by atoms with van der Waals surface area (Å²) in [6.45, 7) is 1.24. The van der Waals surface area contributed by atoms with Crippen LogP contribution in [-0.2, 0) is 4.74 Å². The van der Waals surface area contributed by atoms with Crippen LogP contribution in [-0.4, -0.2) is 42.7 Å². The molecule has 1 aromatic heterocycles. The average molecular weight is 246 g/mol. The third-order valence-corrected chi connectivity index (χ3v) is 2.27. The average Bonchev–Trinajstić information content (AvgIpc) is 2.30. The molecule has 1 unspecified atom stereocenters. The van der Waals surface area contributed by atoms with Gasteiger partial charge in [0.1, 0.15) is 0 Å². The summed E-state index contributed by atoms with van der Waals surface area (Å²) in [5, 5.41) is 3.07. The summed E-state index contributed by atoms with van der Waals surface area (Å²) in [6, 6.07) is 1.69. The molecule has 1 N–H and O–H groups in total. The number of methoxy groups -OCH3 is 2. The molecule has 16 heavy (non-hydrogen) atoms. The standard InChI is InChI=1S/C10H16ClN3O2/c1-15-7-8(11)3-5-12-10-13-6-4-9(14-10)16-2/h4,6,8H,3,5,7H2,1-2H3,(H,12,13,14). The van der Waals surface area contributed by atoms with Crippen molar-refractivity contribution < 1.29 is 9.47 Å². The Morgan fingerprint density at radius 2 is 2.31 bits per heavy atom. The highest BCUT2D eigenvalue weighted by Crippen LogP contribution is 2.08. The summed E-state index contributed by atoms with van der Waals surface area (Å²) in [6.07, 6.45) is 2.43. The lowest BCUT2D eigenvalue weighted by Crippen LogP contribution is -2.14. The first-order valence-electron chi connectivity index (χ1n) is 5.00. The van der Waals surface area contributed by atoms with Gasteiger partial charge in [0.2, 0.25) is 11.8 Å². The lowest BCUT2D eigenvalue weighted by atomic mass is 10.3. The Labute approximate surface area is 100 Å². The molecule has 90 valence electrons. The van der Waals surface area contributed by atoms with Crippen LogP contribution in [0.5, 0.6) is 5.88 Å². The van der Waals surface area contributed by atoms with Gasteiger partial charge in [-0.15, -0.1) is 11.6 Å². The van der Waals surface area contributed by atoms with E-state index in [2.05, 4.69) is 15.3 Å². The van der Waals surface area contributed by atoms with Gasteiger partial charge in [0.25, 0.3) is 0 Å². The third-order valence-electron chi connectivity index (χ3n) is 1.93. The molecule has 0 amide bonds. The van der Waals surface area contributed by atoms with Gasteiger partial charge < -0.3 is 14.8 Å². The molecule has 5 nitrogen and oxygen atoms in total. The van der Waals surface area contributed by atoms with Crippen molar-refractivity contribution in [1.29, 1.82) is 0 Å². The van der Waals surface area contributed by atoms with Crippen LogP contribution < -0.4 is 10.1 Å². The van der Waals surface area contributed by atoms with Gasteiger partial charge in [0.05, 0.1) is 19.1 Å². The van der Waals surface area contributed by atoms with E-state index in [1.165, 1.54) is 0 Å². The first-order chi connectivity index (χ1) is 7.76. The summed E-state index contributed by atoms with van der Waals surface area (Å²) in [4.78, 5) is 8.17. The Kier molecular flexibility index (Phi) is 5.88. The van der Waals surface area contributed by atoms with Crippen molar-refractivity contribution in [3.05, 3.63) is 12.3 Å². The molecule has 0 saturated carbocycles. The van der Waals surface area contributed by atoms with Crippen molar-refractivity contribution in [1.82, 2.24) is 9.97 Å². The molecule has 0 aliphatic carbocycles. The minimum atomic E-state index is 0.00288. The molecule has 0 spiro atoms. The third kappa shape index (κ3) is 4.63. The first kappa shape index (κ1) is 13.0. The van der Waals surface area contributed by atoms with E-state index in [1.54, 1.807) is 26.5 Å². The van der Waals surface area contributed by atoms with E-state index in [9.17, 15) is 0 Å². The Morgan fingerprint density at radius 3 is 3.00 bits per heavy atom. The van der Waals surface area contributed by atoms with Gasteiger partial charge in [0.15, 0.2) is 0 Å². The predicted molar refractivity (Wildman–Crippen MR) is 63.2 cm³/mol. The van der Waals surface area contributed by atoms with Crippen LogP contribution in [0.3, 0.4) is 0 Å². The van der Waals surface area contributed by atoms with E-state index < -0.39 is 0 Å². The minimum absolute atomic E-state index is 0.00288. The molecule has 1 rings (SSSR count). The first-order valence-corrected chi connectivity index (χ1v) is 5.44. The van der Waals surface area contributed by atoms with Crippen LogP contribution in [0.2, 0.25) is 0 Å². The van der Waals surface area contributed by atoms with Crippen molar-refractivity contribution in [2.45, 2.75) is 11.8 Å². The van der Waals surface area contributed by atoms with Crippen LogP contribution in [0.25, 0.3) is 0 Å². The molecule has 0 radical (unpaired) electrons. The summed E-state index contributed by atoms with van der Waals surface area (Å²) >= 11 is 5.98. The molecule has 0 saturated heterocycles. The number of hydrogen-bond donors (Lipinski definition) is 1. The zero-order valence-electron chi connectivity index (χ0n) is 9.44. The number of anilines is 1. The molecule has 1 aromatic rings. The predicted octanol–water partition coefficient (Wildman–Crippen LogP) is 1.54. The van der Waals surface area contributed by atoms with Gasteiger partial charge in [-0.2, -0.15) is 4.98 Å². The molecule has 6 heteroatoms. The number of nitrogens with zero attached hydrogens (tertiary/aromatic N) is 2. The molecule has 0 aromatic carbocycles. The number of halogens is 1. The fourth-order valence-electron chi connectivity index (χ4n) is 1.15. The summed E-state index contributed by atoms with van der Waals surface area (Å²) in [7, 11) is 3.20. The van der Waals surface area contributed by atoms with Gasteiger partial charge in [-0.3, -0.25) is 0 Å². The van der Waals surface area contributed by atoms with Crippen molar-refractivity contribution >= 4 is 17.5 Å². The van der Waals surface area contributed by atoms with Crippen molar-refractivity contribution in [3.8, 4) is 5.88 Å². The number of nitrogens with one attached hydrogen (secondary N) is 1. The monoisotopic (exact) mass is 245 g/mol. The summed E-state index contributed by atoms with van der Waals surface area (Å²) in [5.41, 5.74) is 0. The van der Waals surface area contributed by atoms with E-state index >= 15 is 0 Å². The second-order valence-corrected chi connectivity index (χ2v) is 3.81. The Balaban J connectivity index is 2.31. The molecule has 0 bridgehead atoms. The molecule has 0 fully saturated rings. The SMILES string of the molecule is COCC(Cl)CCNc1nccc(OC)n1. The largest absolute Gasteiger partial charge is 0.481 e.